The molecule has 2 aliphatic rings. The summed E-state index contributed by atoms with van der Waals surface area (Å²) in [6.07, 6.45) is 0.875. The van der Waals surface area contributed by atoms with E-state index < -0.39 is 5.41 Å². The van der Waals surface area contributed by atoms with Gasteiger partial charge in [-0.25, -0.2) is 0 Å². The lowest BCUT2D eigenvalue weighted by molar-refractivity contribution is 0.441. The number of benzene rings is 6. The molecule has 0 fully saturated rings. The Morgan fingerprint density at radius 3 is 1.92 bits per heavy atom. The molecule has 8 rings (SSSR count). The monoisotopic (exact) mass is 472 g/mol. The van der Waals surface area contributed by atoms with Crippen LogP contribution in [0, 0.1) is 0 Å². The SMILES string of the molecule is c1ccc(Cc2ccc3c(c2)Oc2c(ccc4ccccc24)C32c3ccccc3-c3ccccc32)cc1. The van der Waals surface area contributed by atoms with Gasteiger partial charge in [0.1, 0.15) is 11.5 Å². The maximum atomic E-state index is 6.89. The Bertz CT molecular complexity index is 1780. The number of fused-ring (bicyclic) bond motifs is 11. The van der Waals surface area contributed by atoms with Crippen molar-refractivity contribution in [1.82, 2.24) is 0 Å². The predicted molar refractivity (Wildman–Crippen MR) is 151 cm³/mol. The van der Waals surface area contributed by atoms with Crippen molar-refractivity contribution in [3.8, 4) is 22.6 Å². The van der Waals surface area contributed by atoms with Crippen LogP contribution < -0.4 is 4.74 Å². The topological polar surface area (TPSA) is 9.23 Å². The van der Waals surface area contributed by atoms with E-state index in [0.29, 0.717) is 0 Å². The minimum atomic E-state index is -0.425. The Morgan fingerprint density at radius 2 is 1.14 bits per heavy atom. The third kappa shape index (κ3) is 2.80. The molecule has 1 spiro atoms. The fourth-order valence-corrected chi connectivity index (χ4v) is 6.62. The summed E-state index contributed by atoms with van der Waals surface area (Å²) >= 11 is 0. The van der Waals surface area contributed by atoms with E-state index in [4.69, 9.17) is 4.74 Å². The first-order valence-corrected chi connectivity index (χ1v) is 12.9. The van der Waals surface area contributed by atoms with Crippen LogP contribution in [0.1, 0.15) is 33.4 Å². The quantitative estimate of drug-likeness (QED) is 0.244. The van der Waals surface area contributed by atoms with E-state index in [2.05, 4.69) is 133 Å². The third-order valence-electron chi connectivity index (χ3n) is 8.15. The fraction of sp³-hybridized carbons (Fsp3) is 0.0556. The van der Waals surface area contributed by atoms with Crippen molar-refractivity contribution in [2.75, 3.05) is 0 Å². The van der Waals surface area contributed by atoms with Gasteiger partial charge >= 0.3 is 0 Å². The molecule has 1 nitrogen and oxygen atoms in total. The van der Waals surface area contributed by atoms with Gasteiger partial charge in [0, 0.05) is 16.5 Å². The minimum Gasteiger partial charge on any atom is -0.456 e. The van der Waals surface area contributed by atoms with E-state index in [-0.39, 0.29) is 0 Å². The Hall–Kier alpha value is -4.62. The van der Waals surface area contributed by atoms with E-state index in [0.717, 1.165) is 23.3 Å². The lowest BCUT2D eigenvalue weighted by Gasteiger charge is -2.40. The van der Waals surface area contributed by atoms with Crippen LogP contribution >= 0.6 is 0 Å². The van der Waals surface area contributed by atoms with Gasteiger partial charge in [-0.3, -0.25) is 0 Å². The van der Waals surface area contributed by atoms with Gasteiger partial charge in [-0.15, -0.1) is 0 Å². The van der Waals surface area contributed by atoms with Gasteiger partial charge in [0.2, 0.25) is 0 Å². The van der Waals surface area contributed by atoms with Crippen LogP contribution in [0.4, 0.5) is 0 Å². The summed E-state index contributed by atoms with van der Waals surface area (Å²) in [6.45, 7) is 0. The highest BCUT2D eigenvalue weighted by Crippen LogP contribution is 2.62. The first-order valence-electron chi connectivity index (χ1n) is 12.9. The van der Waals surface area contributed by atoms with Crippen LogP contribution in [0.15, 0.2) is 133 Å². The molecule has 37 heavy (non-hydrogen) atoms. The maximum absolute atomic E-state index is 6.89. The second-order valence-electron chi connectivity index (χ2n) is 10.1. The molecule has 0 radical (unpaired) electrons. The molecular formula is C36H24O. The van der Waals surface area contributed by atoms with Gasteiger partial charge in [-0.2, -0.15) is 0 Å². The van der Waals surface area contributed by atoms with E-state index in [1.807, 2.05) is 0 Å². The first-order chi connectivity index (χ1) is 18.3. The van der Waals surface area contributed by atoms with Crippen molar-refractivity contribution in [1.29, 1.82) is 0 Å². The largest absolute Gasteiger partial charge is 0.456 e. The van der Waals surface area contributed by atoms with E-state index in [1.165, 1.54) is 49.9 Å². The van der Waals surface area contributed by atoms with Crippen molar-refractivity contribution in [3.63, 3.8) is 0 Å². The Balaban J connectivity index is 1.46. The molecule has 174 valence electrons. The van der Waals surface area contributed by atoms with E-state index in [1.54, 1.807) is 0 Å². The average Bonchev–Trinajstić information content (AvgIpc) is 3.25. The van der Waals surface area contributed by atoms with Crippen LogP contribution in [0.5, 0.6) is 11.5 Å². The maximum Gasteiger partial charge on any atom is 0.140 e. The van der Waals surface area contributed by atoms with Crippen LogP contribution in [-0.2, 0) is 11.8 Å². The van der Waals surface area contributed by atoms with Crippen molar-refractivity contribution < 1.29 is 4.74 Å². The van der Waals surface area contributed by atoms with Crippen molar-refractivity contribution >= 4 is 10.8 Å². The minimum absolute atomic E-state index is 0.425. The molecular weight excluding hydrogens is 448 g/mol. The molecule has 1 heteroatoms. The van der Waals surface area contributed by atoms with Crippen molar-refractivity contribution in [2.45, 2.75) is 11.8 Å². The van der Waals surface area contributed by atoms with Crippen LogP contribution in [-0.4, -0.2) is 0 Å². The molecule has 0 saturated heterocycles. The second kappa shape index (κ2) is 7.69. The molecule has 0 saturated carbocycles. The molecule has 0 aromatic heterocycles. The van der Waals surface area contributed by atoms with Gasteiger partial charge in [-0.1, -0.05) is 127 Å². The number of hydrogen-bond donors (Lipinski definition) is 0. The summed E-state index contributed by atoms with van der Waals surface area (Å²) < 4.78 is 6.89. The average molecular weight is 473 g/mol. The zero-order valence-electron chi connectivity index (χ0n) is 20.3. The Morgan fingerprint density at radius 1 is 0.486 bits per heavy atom. The highest BCUT2D eigenvalue weighted by Gasteiger charge is 2.51. The third-order valence-corrected chi connectivity index (χ3v) is 8.15. The van der Waals surface area contributed by atoms with Gasteiger partial charge in [0.05, 0.1) is 5.41 Å². The Labute approximate surface area is 216 Å². The molecule has 1 aliphatic carbocycles. The Kier molecular flexibility index (Phi) is 4.27. The standard InChI is InChI=1S/C36H24O/c1-2-10-24(11-3-1)22-25-18-20-32-34(23-25)37-35-27-13-5-4-12-26(27)19-21-33(35)36(32)30-16-8-6-14-28(30)29-15-7-9-17-31(29)36/h1-21,23H,22H2. The molecule has 0 N–H and O–H groups in total. The first kappa shape index (κ1) is 20.6. The summed E-state index contributed by atoms with van der Waals surface area (Å²) in [4.78, 5) is 0. The van der Waals surface area contributed by atoms with Gasteiger partial charge in [0.25, 0.3) is 0 Å². The van der Waals surface area contributed by atoms with Gasteiger partial charge in [0.15, 0.2) is 0 Å². The highest BCUT2D eigenvalue weighted by atomic mass is 16.5. The summed E-state index contributed by atoms with van der Waals surface area (Å²) in [5.74, 6) is 1.91. The summed E-state index contributed by atoms with van der Waals surface area (Å²) in [5, 5.41) is 2.35. The van der Waals surface area contributed by atoms with Crippen molar-refractivity contribution in [3.05, 3.63) is 167 Å². The molecule has 1 heterocycles. The van der Waals surface area contributed by atoms with Gasteiger partial charge in [-0.05, 0) is 51.3 Å². The normalized spacial score (nSPS) is 13.9. The molecule has 6 aromatic rings. The lowest BCUT2D eigenvalue weighted by Crippen LogP contribution is -2.32. The molecule has 0 amide bonds. The fourth-order valence-electron chi connectivity index (χ4n) is 6.62. The lowest BCUT2D eigenvalue weighted by atomic mass is 9.65. The second-order valence-corrected chi connectivity index (χ2v) is 10.1. The van der Waals surface area contributed by atoms with Crippen LogP contribution in [0.3, 0.4) is 0 Å². The van der Waals surface area contributed by atoms with Crippen LogP contribution in [0.25, 0.3) is 21.9 Å². The number of hydrogen-bond acceptors (Lipinski definition) is 1. The molecule has 0 atom stereocenters. The summed E-state index contributed by atoms with van der Waals surface area (Å²) in [5.41, 5.74) is 9.82. The molecule has 0 unspecified atom stereocenters. The van der Waals surface area contributed by atoms with E-state index in [9.17, 15) is 0 Å². The number of ether oxygens (including phenoxy) is 1. The number of rotatable bonds is 2. The molecule has 0 bridgehead atoms. The van der Waals surface area contributed by atoms with E-state index >= 15 is 0 Å². The zero-order chi connectivity index (χ0) is 24.4. The molecule has 1 aliphatic heterocycles. The van der Waals surface area contributed by atoms with Gasteiger partial charge < -0.3 is 4.74 Å². The predicted octanol–water partition coefficient (Wildman–Crippen LogP) is 8.90. The molecule has 6 aromatic carbocycles. The van der Waals surface area contributed by atoms with Crippen LogP contribution in [0.2, 0.25) is 0 Å². The smallest absolute Gasteiger partial charge is 0.140 e. The highest BCUT2D eigenvalue weighted by molar-refractivity contribution is 5.95. The summed E-state index contributed by atoms with van der Waals surface area (Å²) in [7, 11) is 0. The van der Waals surface area contributed by atoms with Crippen molar-refractivity contribution in [2.24, 2.45) is 0 Å². The summed E-state index contributed by atoms with van der Waals surface area (Å²) in [6, 6.07) is 48.4. The zero-order valence-corrected chi connectivity index (χ0v) is 20.3.